The van der Waals surface area contributed by atoms with Crippen molar-refractivity contribution in [1.29, 1.82) is 0 Å². The Morgan fingerprint density at radius 1 is 1.23 bits per heavy atom. The van der Waals surface area contributed by atoms with Crippen molar-refractivity contribution in [3.63, 3.8) is 0 Å². The Morgan fingerprint density at radius 2 is 2.08 bits per heavy atom. The molecule has 0 unspecified atom stereocenters. The Morgan fingerprint density at radius 3 is 2.77 bits per heavy atom. The first-order chi connectivity index (χ1) is 6.35. The highest BCUT2D eigenvalue weighted by atomic mass is 32.2. The summed E-state index contributed by atoms with van der Waals surface area (Å²) in [6.07, 6.45) is 4.22. The van der Waals surface area contributed by atoms with Gasteiger partial charge in [0, 0.05) is 18.8 Å². The summed E-state index contributed by atoms with van der Waals surface area (Å²) in [5.74, 6) is 3.80. The van der Waals surface area contributed by atoms with Gasteiger partial charge in [0.2, 0.25) is 0 Å². The molecule has 2 aliphatic rings. The second-order valence-corrected chi connectivity index (χ2v) is 5.94. The van der Waals surface area contributed by atoms with E-state index in [2.05, 4.69) is 29.3 Å². The standard InChI is InChI=1S/C10H19NS2/c12-9-10(2-3-10)8-11-4-1-6-13-7-5-11/h12H,1-9H2. The van der Waals surface area contributed by atoms with Crippen LogP contribution in [0.2, 0.25) is 0 Å². The van der Waals surface area contributed by atoms with Crippen molar-refractivity contribution in [2.75, 3.05) is 36.9 Å². The molecule has 1 aliphatic carbocycles. The second-order valence-electron chi connectivity index (χ2n) is 4.40. The molecule has 0 spiro atoms. The maximum Gasteiger partial charge on any atom is 0.00726 e. The van der Waals surface area contributed by atoms with E-state index in [4.69, 9.17) is 0 Å². The molecule has 13 heavy (non-hydrogen) atoms. The largest absolute Gasteiger partial charge is 0.302 e. The fourth-order valence-corrected chi connectivity index (χ4v) is 3.31. The zero-order valence-electron chi connectivity index (χ0n) is 8.17. The summed E-state index contributed by atoms with van der Waals surface area (Å²) >= 11 is 6.57. The lowest BCUT2D eigenvalue weighted by Gasteiger charge is -2.24. The monoisotopic (exact) mass is 217 g/mol. The summed E-state index contributed by atoms with van der Waals surface area (Å²) in [6, 6.07) is 0. The molecule has 0 radical (unpaired) electrons. The van der Waals surface area contributed by atoms with Crippen LogP contribution in [0.25, 0.3) is 0 Å². The number of thioether (sulfide) groups is 1. The SMILES string of the molecule is SCC1(CN2CCCSCC2)CC1. The molecular formula is C10H19NS2. The van der Waals surface area contributed by atoms with Gasteiger partial charge in [-0.25, -0.2) is 0 Å². The van der Waals surface area contributed by atoms with Gasteiger partial charge in [-0.1, -0.05) is 0 Å². The molecule has 76 valence electrons. The lowest BCUT2D eigenvalue weighted by atomic mass is 10.1. The quantitative estimate of drug-likeness (QED) is 0.722. The van der Waals surface area contributed by atoms with E-state index < -0.39 is 0 Å². The van der Waals surface area contributed by atoms with Crippen LogP contribution >= 0.6 is 24.4 Å². The molecule has 0 amide bonds. The van der Waals surface area contributed by atoms with E-state index in [1.165, 1.54) is 50.4 Å². The second kappa shape index (κ2) is 4.45. The van der Waals surface area contributed by atoms with Crippen LogP contribution in [0.1, 0.15) is 19.3 Å². The summed E-state index contributed by atoms with van der Waals surface area (Å²) in [4.78, 5) is 2.66. The normalized spacial score (nSPS) is 28.4. The van der Waals surface area contributed by atoms with Crippen LogP contribution in [0.15, 0.2) is 0 Å². The number of rotatable bonds is 3. The van der Waals surface area contributed by atoms with E-state index in [9.17, 15) is 0 Å². The third-order valence-electron chi connectivity index (χ3n) is 3.17. The topological polar surface area (TPSA) is 3.24 Å². The summed E-state index contributed by atoms with van der Waals surface area (Å²) in [6.45, 7) is 3.94. The summed E-state index contributed by atoms with van der Waals surface area (Å²) in [5.41, 5.74) is 0.623. The van der Waals surface area contributed by atoms with Crippen LogP contribution in [-0.2, 0) is 0 Å². The first kappa shape index (κ1) is 10.2. The molecule has 3 heteroatoms. The molecule has 0 atom stereocenters. The highest BCUT2D eigenvalue weighted by Crippen LogP contribution is 2.47. The van der Waals surface area contributed by atoms with Crippen molar-refractivity contribution in [3.8, 4) is 0 Å². The van der Waals surface area contributed by atoms with Gasteiger partial charge < -0.3 is 4.90 Å². The van der Waals surface area contributed by atoms with Crippen LogP contribution in [0, 0.1) is 5.41 Å². The number of thiol groups is 1. The number of hydrogen-bond acceptors (Lipinski definition) is 3. The highest BCUT2D eigenvalue weighted by Gasteiger charge is 2.42. The molecular weight excluding hydrogens is 198 g/mol. The van der Waals surface area contributed by atoms with E-state index in [0.717, 1.165) is 5.75 Å². The van der Waals surface area contributed by atoms with Gasteiger partial charge in [0.25, 0.3) is 0 Å². The third kappa shape index (κ3) is 2.80. The molecule has 0 aromatic heterocycles. The first-order valence-electron chi connectivity index (χ1n) is 5.26. The Labute approximate surface area is 91.1 Å². The van der Waals surface area contributed by atoms with Gasteiger partial charge in [0.05, 0.1) is 0 Å². The predicted molar refractivity (Wildman–Crippen MR) is 63.9 cm³/mol. The van der Waals surface area contributed by atoms with Crippen LogP contribution in [0.3, 0.4) is 0 Å². The molecule has 0 aromatic carbocycles. The van der Waals surface area contributed by atoms with Gasteiger partial charge in [-0.2, -0.15) is 24.4 Å². The summed E-state index contributed by atoms with van der Waals surface area (Å²) < 4.78 is 0. The van der Waals surface area contributed by atoms with E-state index >= 15 is 0 Å². The van der Waals surface area contributed by atoms with Gasteiger partial charge in [-0.05, 0) is 42.7 Å². The molecule has 0 N–H and O–H groups in total. The van der Waals surface area contributed by atoms with E-state index in [0.29, 0.717) is 5.41 Å². The molecule has 2 fully saturated rings. The minimum atomic E-state index is 0.623. The van der Waals surface area contributed by atoms with Gasteiger partial charge in [-0.15, -0.1) is 0 Å². The maximum absolute atomic E-state index is 4.46. The van der Waals surface area contributed by atoms with E-state index in [-0.39, 0.29) is 0 Å². The van der Waals surface area contributed by atoms with E-state index in [1.807, 2.05) is 0 Å². The maximum atomic E-state index is 4.46. The molecule has 1 saturated heterocycles. The Hall–Kier alpha value is 0.660. The van der Waals surface area contributed by atoms with Crippen molar-refractivity contribution in [1.82, 2.24) is 4.90 Å². The molecule has 0 aromatic rings. The fourth-order valence-electron chi connectivity index (χ4n) is 1.97. The molecule has 2 rings (SSSR count). The highest BCUT2D eigenvalue weighted by molar-refractivity contribution is 7.99. The smallest absolute Gasteiger partial charge is 0.00726 e. The van der Waals surface area contributed by atoms with Crippen molar-refractivity contribution in [3.05, 3.63) is 0 Å². The van der Waals surface area contributed by atoms with Crippen molar-refractivity contribution >= 4 is 24.4 Å². The van der Waals surface area contributed by atoms with Crippen LogP contribution in [0.5, 0.6) is 0 Å². The average molecular weight is 217 g/mol. The minimum absolute atomic E-state index is 0.623. The average Bonchev–Trinajstić information content (AvgIpc) is 2.92. The van der Waals surface area contributed by atoms with Gasteiger partial charge in [0.1, 0.15) is 0 Å². The van der Waals surface area contributed by atoms with Gasteiger partial charge in [0.15, 0.2) is 0 Å². The lowest BCUT2D eigenvalue weighted by Crippen LogP contribution is -2.33. The Bertz CT molecular complexity index is 160. The zero-order chi connectivity index (χ0) is 9.15. The predicted octanol–water partition coefficient (Wildman–Crippen LogP) is 2.14. The van der Waals surface area contributed by atoms with Gasteiger partial charge >= 0.3 is 0 Å². The lowest BCUT2D eigenvalue weighted by molar-refractivity contribution is 0.247. The first-order valence-corrected chi connectivity index (χ1v) is 7.04. The molecule has 1 heterocycles. The van der Waals surface area contributed by atoms with Crippen molar-refractivity contribution < 1.29 is 0 Å². The fraction of sp³-hybridized carbons (Fsp3) is 1.00. The Balaban J connectivity index is 1.79. The number of hydrogen-bond donors (Lipinski definition) is 1. The molecule has 1 aliphatic heterocycles. The van der Waals surface area contributed by atoms with Gasteiger partial charge in [-0.3, -0.25) is 0 Å². The third-order valence-corrected chi connectivity index (χ3v) is 4.89. The molecule has 0 bridgehead atoms. The van der Waals surface area contributed by atoms with Crippen molar-refractivity contribution in [2.24, 2.45) is 5.41 Å². The van der Waals surface area contributed by atoms with Crippen LogP contribution in [0.4, 0.5) is 0 Å². The summed E-state index contributed by atoms with van der Waals surface area (Å²) in [5, 5.41) is 0. The van der Waals surface area contributed by atoms with Crippen molar-refractivity contribution in [2.45, 2.75) is 19.3 Å². The minimum Gasteiger partial charge on any atom is -0.302 e. The van der Waals surface area contributed by atoms with Crippen LogP contribution in [-0.4, -0.2) is 41.8 Å². The zero-order valence-corrected chi connectivity index (χ0v) is 9.88. The molecule has 1 saturated carbocycles. The number of nitrogens with zero attached hydrogens (tertiary/aromatic N) is 1. The Kier molecular flexibility index (Phi) is 3.49. The van der Waals surface area contributed by atoms with Crippen LogP contribution < -0.4 is 0 Å². The molecule has 1 nitrogen and oxygen atoms in total. The summed E-state index contributed by atoms with van der Waals surface area (Å²) in [7, 11) is 0. The van der Waals surface area contributed by atoms with E-state index in [1.54, 1.807) is 0 Å².